The van der Waals surface area contributed by atoms with Gasteiger partial charge in [0.25, 0.3) is 5.91 Å². The minimum Gasteiger partial charge on any atom is -0.497 e. The van der Waals surface area contributed by atoms with Crippen molar-refractivity contribution in [3.8, 4) is 5.75 Å². The first-order valence-electron chi connectivity index (χ1n) is 9.94. The van der Waals surface area contributed by atoms with Crippen molar-refractivity contribution in [3.05, 3.63) is 95.6 Å². The first-order valence-corrected chi connectivity index (χ1v) is 9.94. The zero-order valence-corrected chi connectivity index (χ0v) is 16.6. The Kier molecular flexibility index (Phi) is 4.31. The maximum atomic E-state index is 13.9. The Bertz CT molecular complexity index is 1110. The Morgan fingerprint density at radius 2 is 1.70 bits per heavy atom. The van der Waals surface area contributed by atoms with Crippen LogP contribution in [0.3, 0.4) is 0 Å². The third-order valence-corrected chi connectivity index (χ3v) is 5.98. The second-order valence-electron chi connectivity index (χ2n) is 7.64. The van der Waals surface area contributed by atoms with Crippen molar-refractivity contribution in [2.24, 2.45) is 0 Å². The molecule has 0 unspecified atom stereocenters. The number of hydrogen-bond acceptors (Lipinski definition) is 4. The number of ether oxygens (including phenoxy) is 2. The second kappa shape index (κ2) is 7.02. The monoisotopic (exact) mass is 399 g/mol. The Labute approximate surface area is 174 Å². The molecule has 3 aromatic carbocycles. The minimum absolute atomic E-state index is 0.158. The van der Waals surface area contributed by atoms with Crippen molar-refractivity contribution in [1.29, 1.82) is 0 Å². The highest BCUT2D eigenvalue weighted by atomic mass is 16.6. The van der Waals surface area contributed by atoms with Crippen LogP contribution < -0.4 is 9.64 Å². The fourth-order valence-electron chi connectivity index (χ4n) is 4.60. The molecule has 2 aliphatic heterocycles. The molecule has 1 amide bonds. The maximum Gasteiger partial charge on any atom is 0.308 e. The van der Waals surface area contributed by atoms with Crippen molar-refractivity contribution < 1.29 is 19.1 Å². The fraction of sp³-hybridized carbons (Fsp3) is 0.200. The average molecular weight is 399 g/mol. The Balaban J connectivity index is 1.68. The van der Waals surface area contributed by atoms with Crippen LogP contribution in [0.15, 0.2) is 78.9 Å². The first-order chi connectivity index (χ1) is 14.6. The van der Waals surface area contributed by atoms with Crippen LogP contribution in [-0.4, -0.2) is 19.0 Å². The van der Waals surface area contributed by atoms with E-state index in [9.17, 15) is 9.59 Å². The lowest BCUT2D eigenvalue weighted by atomic mass is 9.78. The van der Waals surface area contributed by atoms with Crippen molar-refractivity contribution in [2.45, 2.75) is 24.5 Å². The summed E-state index contributed by atoms with van der Waals surface area (Å²) in [7, 11) is 1.59. The number of amides is 1. The molecule has 5 nitrogen and oxygen atoms in total. The van der Waals surface area contributed by atoms with Gasteiger partial charge in [-0.3, -0.25) is 9.59 Å². The van der Waals surface area contributed by atoms with Gasteiger partial charge in [0.15, 0.2) is 0 Å². The number of anilines is 1. The van der Waals surface area contributed by atoms with Gasteiger partial charge in [0.1, 0.15) is 5.75 Å². The van der Waals surface area contributed by atoms with Crippen LogP contribution in [0, 0.1) is 0 Å². The highest BCUT2D eigenvalue weighted by molar-refractivity contribution is 6.10. The van der Waals surface area contributed by atoms with Gasteiger partial charge >= 0.3 is 5.97 Å². The molecule has 1 saturated heterocycles. The molecule has 0 radical (unpaired) electrons. The van der Waals surface area contributed by atoms with E-state index in [1.165, 1.54) is 0 Å². The molecule has 2 atom stereocenters. The fourth-order valence-corrected chi connectivity index (χ4v) is 4.60. The molecular weight excluding hydrogens is 378 g/mol. The zero-order valence-electron chi connectivity index (χ0n) is 16.6. The molecule has 30 heavy (non-hydrogen) atoms. The number of carbonyl (C=O) groups is 2. The molecule has 0 N–H and O–H groups in total. The maximum absolute atomic E-state index is 13.9. The summed E-state index contributed by atoms with van der Waals surface area (Å²) in [5.74, 6) is -0.357. The van der Waals surface area contributed by atoms with Gasteiger partial charge in [-0.2, -0.15) is 0 Å². The van der Waals surface area contributed by atoms with Crippen LogP contribution >= 0.6 is 0 Å². The van der Waals surface area contributed by atoms with Crippen LogP contribution in [0.25, 0.3) is 0 Å². The van der Waals surface area contributed by atoms with Gasteiger partial charge in [0.2, 0.25) is 5.60 Å². The smallest absolute Gasteiger partial charge is 0.308 e. The Morgan fingerprint density at radius 3 is 2.40 bits per heavy atom. The van der Waals surface area contributed by atoms with E-state index in [-0.39, 0.29) is 18.3 Å². The molecule has 0 saturated carbocycles. The summed E-state index contributed by atoms with van der Waals surface area (Å²) in [5, 5.41) is 0. The molecule has 3 aromatic rings. The summed E-state index contributed by atoms with van der Waals surface area (Å²) < 4.78 is 11.3. The lowest BCUT2D eigenvalue weighted by molar-refractivity contribution is -0.158. The standard InChI is InChI=1S/C25H21NO4/c1-29-19-12-13-22-21(14-19)25(24(28)26(22)16-17-8-4-2-5-9-17)20(15-23(27)30-25)18-10-6-3-7-11-18/h2-14,20H,15-16H2,1H3/t20-,25-/m0/s1. The van der Waals surface area contributed by atoms with Crippen molar-refractivity contribution >= 4 is 17.6 Å². The van der Waals surface area contributed by atoms with Crippen LogP contribution in [0.2, 0.25) is 0 Å². The molecule has 0 aliphatic carbocycles. The summed E-state index contributed by atoms with van der Waals surface area (Å²) in [6.07, 6.45) is 0.158. The van der Waals surface area contributed by atoms with Crippen molar-refractivity contribution in [3.63, 3.8) is 0 Å². The lowest BCUT2D eigenvalue weighted by Crippen LogP contribution is -2.43. The molecule has 2 heterocycles. The molecule has 0 aromatic heterocycles. The SMILES string of the molecule is COc1ccc2c(c1)[C@]1(OC(=O)C[C@H]1c1ccccc1)C(=O)N2Cc1ccccc1. The van der Waals surface area contributed by atoms with E-state index in [4.69, 9.17) is 9.47 Å². The molecule has 5 rings (SSSR count). The molecule has 0 bridgehead atoms. The van der Waals surface area contributed by atoms with Gasteiger partial charge in [-0.25, -0.2) is 0 Å². The van der Waals surface area contributed by atoms with Gasteiger partial charge in [-0.1, -0.05) is 60.7 Å². The lowest BCUT2D eigenvalue weighted by Gasteiger charge is -2.29. The van der Waals surface area contributed by atoms with E-state index < -0.39 is 11.5 Å². The largest absolute Gasteiger partial charge is 0.497 e. The third kappa shape index (κ3) is 2.70. The summed E-state index contributed by atoms with van der Waals surface area (Å²) >= 11 is 0. The topological polar surface area (TPSA) is 55.8 Å². The highest BCUT2D eigenvalue weighted by Gasteiger charge is 2.63. The van der Waals surface area contributed by atoms with Crippen molar-refractivity contribution in [2.75, 3.05) is 12.0 Å². The molecular formula is C25H21NO4. The summed E-state index contributed by atoms with van der Waals surface area (Å²) in [5.41, 5.74) is 1.97. The van der Waals surface area contributed by atoms with Crippen LogP contribution in [0.1, 0.15) is 29.0 Å². The van der Waals surface area contributed by atoms with Gasteiger partial charge < -0.3 is 14.4 Å². The number of benzene rings is 3. The molecule has 2 aliphatic rings. The predicted molar refractivity (Wildman–Crippen MR) is 112 cm³/mol. The molecule has 1 spiro atoms. The Morgan fingerprint density at radius 1 is 1.00 bits per heavy atom. The predicted octanol–water partition coefficient (Wildman–Crippen LogP) is 4.17. The minimum atomic E-state index is -1.38. The van der Waals surface area contributed by atoms with E-state index >= 15 is 0 Å². The van der Waals surface area contributed by atoms with Gasteiger partial charge in [-0.15, -0.1) is 0 Å². The van der Waals surface area contributed by atoms with Crippen molar-refractivity contribution in [1.82, 2.24) is 0 Å². The molecule has 5 heteroatoms. The average Bonchev–Trinajstić information content (AvgIpc) is 3.25. The first kappa shape index (κ1) is 18.4. The van der Waals surface area contributed by atoms with Gasteiger partial charge in [0.05, 0.1) is 25.8 Å². The number of hydrogen-bond donors (Lipinski definition) is 0. The number of esters is 1. The van der Waals surface area contributed by atoms with Crippen LogP contribution in [-0.2, 0) is 26.5 Å². The number of rotatable bonds is 4. The number of fused-ring (bicyclic) bond motifs is 2. The number of carbonyl (C=O) groups excluding carboxylic acids is 2. The summed E-state index contributed by atoms with van der Waals surface area (Å²) in [6, 6.07) is 25.0. The molecule has 1 fully saturated rings. The van der Waals surface area contributed by atoms with Gasteiger partial charge in [-0.05, 0) is 29.3 Å². The zero-order chi connectivity index (χ0) is 20.7. The van der Waals surface area contributed by atoms with E-state index in [1.807, 2.05) is 78.9 Å². The van der Waals surface area contributed by atoms with Gasteiger partial charge in [0, 0.05) is 11.5 Å². The summed E-state index contributed by atoms with van der Waals surface area (Å²) in [4.78, 5) is 28.2. The van der Waals surface area contributed by atoms with Crippen LogP contribution in [0.4, 0.5) is 5.69 Å². The number of nitrogens with zero attached hydrogens (tertiary/aromatic N) is 1. The quantitative estimate of drug-likeness (QED) is 0.618. The van der Waals surface area contributed by atoms with E-state index in [0.717, 1.165) is 16.8 Å². The number of methoxy groups -OCH3 is 1. The van der Waals surface area contributed by atoms with E-state index in [0.29, 0.717) is 17.9 Å². The molecule has 150 valence electrons. The van der Waals surface area contributed by atoms with E-state index in [2.05, 4.69) is 0 Å². The highest BCUT2D eigenvalue weighted by Crippen LogP contribution is 2.56. The van der Waals surface area contributed by atoms with Crippen LogP contribution in [0.5, 0.6) is 5.75 Å². The normalized spacial score (nSPS) is 22.3. The summed E-state index contributed by atoms with van der Waals surface area (Å²) in [6.45, 7) is 0.403. The third-order valence-electron chi connectivity index (χ3n) is 5.98. The Hall–Kier alpha value is -3.60. The second-order valence-corrected chi connectivity index (χ2v) is 7.64. The van der Waals surface area contributed by atoms with E-state index in [1.54, 1.807) is 12.0 Å².